The lowest BCUT2D eigenvalue weighted by Crippen LogP contribution is -2.51. The van der Waals surface area contributed by atoms with Crippen LogP contribution in [0.3, 0.4) is 0 Å². The Hall–Kier alpha value is -4.07. The number of anilines is 2. The number of nitrogens with one attached hydrogen (secondary N) is 2. The van der Waals surface area contributed by atoms with Crippen molar-refractivity contribution >= 4 is 28.3 Å². The molecule has 4 heterocycles. The Morgan fingerprint density at radius 1 is 1.00 bits per heavy atom. The van der Waals surface area contributed by atoms with Crippen LogP contribution in [0.2, 0.25) is 0 Å². The first-order chi connectivity index (χ1) is 17.7. The minimum Gasteiger partial charge on any atom is -0.359 e. The van der Waals surface area contributed by atoms with Gasteiger partial charge in [0.25, 0.3) is 12.3 Å². The molecule has 1 fully saturated rings. The van der Waals surface area contributed by atoms with Crippen LogP contribution in [-0.2, 0) is 0 Å². The van der Waals surface area contributed by atoms with E-state index in [1.807, 2.05) is 0 Å². The van der Waals surface area contributed by atoms with Gasteiger partial charge in [-0.2, -0.15) is 0 Å². The molecule has 0 bridgehead atoms. The molecule has 1 saturated heterocycles. The van der Waals surface area contributed by atoms with Crippen molar-refractivity contribution in [3.8, 4) is 11.3 Å². The minimum atomic E-state index is -3.12. The van der Waals surface area contributed by atoms with E-state index >= 15 is 0 Å². The second-order valence-corrected chi connectivity index (χ2v) is 8.30. The van der Waals surface area contributed by atoms with E-state index in [0.717, 1.165) is 23.1 Å². The van der Waals surface area contributed by atoms with Crippen LogP contribution in [0.1, 0.15) is 10.6 Å². The number of pyridine rings is 1. The number of rotatable bonds is 6. The summed E-state index contributed by atoms with van der Waals surface area (Å²) >= 11 is 0. The van der Waals surface area contributed by atoms with Crippen molar-refractivity contribution in [2.24, 2.45) is 0 Å². The number of amides is 1. The molecule has 2 N–H and O–H groups in total. The zero-order valence-corrected chi connectivity index (χ0v) is 18.8. The highest BCUT2D eigenvalue weighted by Gasteiger charge is 2.31. The number of nitrogens with zero attached hydrogens (tertiary/aromatic N) is 4. The molecule has 1 aliphatic rings. The third kappa shape index (κ3) is 4.83. The van der Waals surface area contributed by atoms with Crippen LogP contribution in [0.15, 0.2) is 41.2 Å². The molecule has 0 saturated carbocycles. The number of aromatic amines is 1. The molecule has 0 spiro atoms. The average Bonchev–Trinajstić information content (AvgIpc) is 3.52. The highest BCUT2D eigenvalue weighted by molar-refractivity contribution is 6.08. The van der Waals surface area contributed by atoms with Gasteiger partial charge in [0, 0.05) is 61.7 Å². The maximum atomic E-state index is 14.8. The van der Waals surface area contributed by atoms with Gasteiger partial charge in [0.15, 0.2) is 23.3 Å². The van der Waals surface area contributed by atoms with Gasteiger partial charge in [0.1, 0.15) is 5.69 Å². The Balaban J connectivity index is 1.27. The highest BCUT2D eigenvalue weighted by atomic mass is 19.3. The second-order valence-electron chi connectivity index (χ2n) is 8.30. The molecule has 1 aromatic carbocycles. The standard InChI is InChI=1S/C23H18F6N6O2/c24-13-6-12-17(7-14(13)25)30-10-18(12)32-23(36)19-8-16(33-37-19)11-5-15(26)22(31-9-11)35-3-1-34(2-4-35)21(29)20(27)28/h5-10,20-21,30H,1-4H2,(H,32,36). The summed E-state index contributed by atoms with van der Waals surface area (Å²) in [6.45, 7) is 0.173. The van der Waals surface area contributed by atoms with Crippen LogP contribution in [0.25, 0.3) is 22.2 Å². The molecular formula is C23H18F6N6O2. The number of benzene rings is 1. The van der Waals surface area contributed by atoms with Gasteiger partial charge < -0.3 is 19.7 Å². The maximum Gasteiger partial charge on any atom is 0.294 e. The van der Waals surface area contributed by atoms with Crippen molar-refractivity contribution in [2.75, 3.05) is 36.4 Å². The minimum absolute atomic E-state index is 0.0197. The number of hydrogen-bond donors (Lipinski definition) is 2. The summed E-state index contributed by atoms with van der Waals surface area (Å²) in [6.07, 6.45) is -2.83. The molecule has 8 nitrogen and oxygen atoms in total. The number of aromatic nitrogens is 3. The predicted molar refractivity (Wildman–Crippen MR) is 121 cm³/mol. The van der Waals surface area contributed by atoms with Crippen LogP contribution in [-0.4, -0.2) is 64.8 Å². The SMILES string of the molecule is O=C(Nc1c[nH]c2cc(F)c(F)cc12)c1cc(-c2cnc(N3CCN(C(F)C(F)F)CC3)c(F)c2)no1. The summed E-state index contributed by atoms with van der Waals surface area (Å²) < 4.78 is 85.5. The number of carbonyl (C=O) groups excluding carboxylic acids is 1. The van der Waals surface area contributed by atoms with Crippen molar-refractivity contribution in [3.63, 3.8) is 0 Å². The molecule has 1 unspecified atom stereocenters. The van der Waals surface area contributed by atoms with Crippen LogP contribution in [0, 0.1) is 17.5 Å². The molecule has 4 aromatic rings. The monoisotopic (exact) mass is 524 g/mol. The van der Waals surface area contributed by atoms with Gasteiger partial charge in [-0.3, -0.25) is 9.69 Å². The number of hydrogen-bond acceptors (Lipinski definition) is 6. The van der Waals surface area contributed by atoms with E-state index in [1.54, 1.807) is 0 Å². The molecule has 1 amide bonds. The molecule has 1 atom stereocenters. The summed E-state index contributed by atoms with van der Waals surface area (Å²) in [6, 6.07) is 4.28. The number of fused-ring (bicyclic) bond motifs is 1. The molecule has 1 aliphatic heterocycles. The van der Waals surface area contributed by atoms with Gasteiger partial charge in [-0.25, -0.2) is 31.3 Å². The third-order valence-electron chi connectivity index (χ3n) is 5.99. The first kappa shape index (κ1) is 24.6. The molecule has 0 radical (unpaired) electrons. The largest absolute Gasteiger partial charge is 0.359 e. The van der Waals surface area contributed by atoms with Crippen LogP contribution >= 0.6 is 0 Å². The Morgan fingerprint density at radius 2 is 1.73 bits per heavy atom. The summed E-state index contributed by atoms with van der Waals surface area (Å²) in [5, 5.41) is 6.51. The third-order valence-corrected chi connectivity index (χ3v) is 5.99. The van der Waals surface area contributed by atoms with Crippen molar-refractivity contribution in [3.05, 3.63) is 59.9 Å². The fourth-order valence-electron chi connectivity index (χ4n) is 4.07. The van der Waals surface area contributed by atoms with Gasteiger partial charge >= 0.3 is 0 Å². The van der Waals surface area contributed by atoms with E-state index in [1.165, 1.54) is 23.4 Å². The first-order valence-electron chi connectivity index (χ1n) is 11.0. The summed E-state index contributed by atoms with van der Waals surface area (Å²) in [7, 11) is 0. The second kappa shape index (κ2) is 9.76. The van der Waals surface area contributed by atoms with Crippen molar-refractivity contribution < 1.29 is 35.7 Å². The Kier molecular flexibility index (Phi) is 6.50. The van der Waals surface area contributed by atoms with Crippen LogP contribution < -0.4 is 10.2 Å². The van der Waals surface area contributed by atoms with Crippen LogP contribution in [0.4, 0.5) is 37.8 Å². The van der Waals surface area contributed by atoms with Crippen molar-refractivity contribution in [1.82, 2.24) is 20.0 Å². The first-order valence-corrected chi connectivity index (χ1v) is 11.0. The number of alkyl halides is 3. The lowest BCUT2D eigenvalue weighted by atomic mass is 10.2. The van der Waals surface area contributed by atoms with Crippen molar-refractivity contribution in [2.45, 2.75) is 12.7 Å². The summed E-state index contributed by atoms with van der Waals surface area (Å²) in [5.74, 6) is -3.83. The topological polar surface area (TPSA) is 90.3 Å². The fourth-order valence-corrected chi connectivity index (χ4v) is 4.07. The van der Waals surface area contributed by atoms with Gasteiger partial charge in [-0.1, -0.05) is 5.16 Å². The zero-order chi connectivity index (χ0) is 26.3. The fraction of sp³-hybridized carbons (Fsp3) is 0.261. The molecule has 0 aliphatic carbocycles. The number of piperazine rings is 1. The molecule has 5 rings (SSSR count). The Morgan fingerprint density at radius 3 is 2.43 bits per heavy atom. The van der Waals surface area contributed by atoms with Gasteiger partial charge in [-0.15, -0.1) is 0 Å². The molecule has 37 heavy (non-hydrogen) atoms. The Bertz CT molecular complexity index is 1450. The molecule has 3 aromatic heterocycles. The summed E-state index contributed by atoms with van der Waals surface area (Å²) in [5.41, 5.74) is 0.765. The predicted octanol–water partition coefficient (Wildman–Crippen LogP) is 4.57. The number of halogens is 6. The van der Waals surface area contributed by atoms with E-state index < -0.39 is 36.1 Å². The van der Waals surface area contributed by atoms with Gasteiger partial charge in [0.2, 0.25) is 12.1 Å². The number of H-pyrrole nitrogens is 1. The van der Waals surface area contributed by atoms with E-state index in [4.69, 9.17) is 4.52 Å². The maximum absolute atomic E-state index is 14.8. The van der Waals surface area contributed by atoms with Crippen LogP contribution in [0.5, 0.6) is 0 Å². The van der Waals surface area contributed by atoms with E-state index in [2.05, 4.69) is 20.4 Å². The van der Waals surface area contributed by atoms with Crippen molar-refractivity contribution in [1.29, 1.82) is 0 Å². The quantitative estimate of drug-likeness (QED) is 0.284. The normalized spacial score (nSPS) is 15.5. The van der Waals surface area contributed by atoms with E-state index in [0.29, 0.717) is 0 Å². The average molecular weight is 524 g/mol. The lowest BCUT2D eigenvalue weighted by Gasteiger charge is -2.36. The number of carbonyl (C=O) groups is 1. The lowest BCUT2D eigenvalue weighted by molar-refractivity contribution is -0.0506. The highest BCUT2D eigenvalue weighted by Crippen LogP contribution is 2.28. The summed E-state index contributed by atoms with van der Waals surface area (Å²) in [4.78, 5) is 21.9. The molecular weight excluding hydrogens is 506 g/mol. The zero-order valence-electron chi connectivity index (χ0n) is 18.8. The smallest absolute Gasteiger partial charge is 0.294 e. The molecule has 14 heteroatoms. The molecule has 194 valence electrons. The van der Waals surface area contributed by atoms with E-state index in [-0.39, 0.29) is 65.6 Å². The Labute approximate surface area is 204 Å². The van der Waals surface area contributed by atoms with Gasteiger partial charge in [0.05, 0.1) is 11.2 Å². The van der Waals surface area contributed by atoms with E-state index in [9.17, 15) is 31.1 Å². The van der Waals surface area contributed by atoms with Gasteiger partial charge in [-0.05, 0) is 12.1 Å².